The summed E-state index contributed by atoms with van der Waals surface area (Å²) in [5.74, 6) is -0.828. The third-order valence-electron chi connectivity index (χ3n) is 5.66. The minimum atomic E-state index is -3.78. The van der Waals surface area contributed by atoms with Gasteiger partial charge in [-0.25, -0.2) is 12.8 Å². The molecule has 1 aromatic carbocycles. The highest BCUT2D eigenvalue weighted by Gasteiger charge is 2.40. The van der Waals surface area contributed by atoms with Crippen molar-refractivity contribution in [2.24, 2.45) is 0 Å². The van der Waals surface area contributed by atoms with Gasteiger partial charge in [0.25, 0.3) is 0 Å². The molecule has 0 aliphatic carbocycles. The highest BCUT2D eigenvalue weighted by atomic mass is 35.5. The zero-order valence-corrected chi connectivity index (χ0v) is 20.5. The average molecular weight is 484 g/mol. The molecule has 1 unspecified atom stereocenters. The Morgan fingerprint density at radius 3 is 2.50 bits per heavy atom. The summed E-state index contributed by atoms with van der Waals surface area (Å²) in [4.78, 5) is 16.5. The van der Waals surface area contributed by atoms with Gasteiger partial charge in [-0.05, 0) is 38.5 Å². The van der Waals surface area contributed by atoms with Gasteiger partial charge in [0.1, 0.15) is 10.7 Å². The lowest BCUT2D eigenvalue weighted by atomic mass is 9.87. The Bertz CT molecular complexity index is 894. The Kier molecular flexibility index (Phi) is 8.76. The van der Waals surface area contributed by atoms with Crippen LogP contribution in [0.4, 0.5) is 10.1 Å². The standard InChI is InChI=1S/C20H30FN3O3S.2ClH/c1-13(2)28(26,27)18-9-17-15(8-16(18)21)20(4,5)12-24(17)19(25)11-23-7-6-22-14(3)10-23;;/h8-9,13-14,22H,6-7,10-12H2,1-5H3;2*1H. The van der Waals surface area contributed by atoms with Crippen LogP contribution in [0, 0.1) is 5.82 Å². The fraction of sp³-hybridized carbons (Fsp3) is 0.650. The molecule has 0 radical (unpaired) electrons. The van der Waals surface area contributed by atoms with Crippen LogP contribution in [0.15, 0.2) is 17.0 Å². The molecule has 1 N–H and O–H groups in total. The van der Waals surface area contributed by atoms with Gasteiger partial charge in [0.05, 0.1) is 11.8 Å². The van der Waals surface area contributed by atoms with Crippen molar-refractivity contribution >= 4 is 46.2 Å². The van der Waals surface area contributed by atoms with Crippen LogP contribution in [0.1, 0.15) is 40.2 Å². The van der Waals surface area contributed by atoms with E-state index in [0.29, 0.717) is 23.8 Å². The van der Waals surface area contributed by atoms with Crippen molar-refractivity contribution in [2.45, 2.75) is 56.2 Å². The molecule has 3 rings (SSSR count). The zero-order chi connectivity index (χ0) is 20.9. The first-order valence-corrected chi connectivity index (χ1v) is 11.3. The van der Waals surface area contributed by atoms with Gasteiger partial charge in [-0.2, -0.15) is 0 Å². The summed E-state index contributed by atoms with van der Waals surface area (Å²) < 4.78 is 39.9. The first-order valence-electron chi connectivity index (χ1n) is 9.77. The Labute approximate surface area is 191 Å². The van der Waals surface area contributed by atoms with Crippen molar-refractivity contribution in [3.8, 4) is 0 Å². The summed E-state index contributed by atoms with van der Waals surface area (Å²) in [6.45, 7) is 12.1. The highest BCUT2D eigenvalue weighted by Crippen LogP contribution is 2.43. The Morgan fingerprint density at radius 1 is 1.30 bits per heavy atom. The second-order valence-corrected chi connectivity index (χ2v) is 11.3. The largest absolute Gasteiger partial charge is 0.312 e. The van der Waals surface area contributed by atoms with Crippen LogP contribution in [0.5, 0.6) is 0 Å². The lowest BCUT2D eigenvalue weighted by molar-refractivity contribution is -0.120. The van der Waals surface area contributed by atoms with Crippen LogP contribution in [-0.4, -0.2) is 63.2 Å². The van der Waals surface area contributed by atoms with Crippen LogP contribution in [0.2, 0.25) is 0 Å². The molecule has 0 bridgehead atoms. The fourth-order valence-corrected chi connectivity index (χ4v) is 5.12. The zero-order valence-electron chi connectivity index (χ0n) is 18.1. The first kappa shape index (κ1) is 27.1. The van der Waals surface area contributed by atoms with E-state index >= 15 is 0 Å². The van der Waals surface area contributed by atoms with Crippen molar-refractivity contribution in [1.29, 1.82) is 0 Å². The van der Waals surface area contributed by atoms with E-state index in [-0.39, 0.29) is 42.2 Å². The molecule has 0 aromatic heterocycles. The summed E-state index contributed by atoms with van der Waals surface area (Å²) >= 11 is 0. The summed E-state index contributed by atoms with van der Waals surface area (Å²) in [7, 11) is -3.78. The smallest absolute Gasteiger partial charge is 0.241 e. The summed E-state index contributed by atoms with van der Waals surface area (Å²) in [5.41, 5.74) is 0.747. The van der Waals surface area contributed by atoms with Crippen molar-refractivity contribution in [3.63, 3.8) is 0 Å². The second kappa shape index (κ2) is 9.69. The van der Waals surface area contributed by atoms with Crippen LogP contribution in [0.3, 0.4) is 0 Å². The molecule has 10 heteroatoms. The van der Waals surface area contributed by atoms with E-state index in [1.54, 1.807) is 4.90 Å². The summed E-state index contributed by atoms with van der Waals surface area (Å²) in [6, 6.07) is 2.97. The van der Waals surface area contributed by atoms with Crippen molar-refractivity contribution in [2.75, 3.05) is 37.6 Å². The number of rotatable bonds is 4. The van der Waals surface area contributed by atoms with E-state index in [4.69, 9.17) is 0 Å². The third kappa shape index (κ3) is 5.10. The predicted molar refractivity (Wildman–Crippen MR) is 123 cm³/mol. The molecular weight excluding hydrogens is 452 g/mol. The van der Waals surface area contributed by atoms with E-state index in [2.05, 4.69) is 17.1 Å². The maximum absolute atomic E-state index is 14.7. The molecule has 30 heavy (non-hydrogen) atoms. The van der Waals surface area contributed by atoms with Crippen LogP contribution in [-0.2, 0) is 20.0 Å². The number of fused-ring (bicyclic) bond motifs is 1. The van der Waals surface area contributed by atoms with Crippen LogP contribution in [0.25, 0.3) is 0 Å². The quantitative estimate of drug-likeness (QED) is 0.712. The average Bonchev–Trinajstić information content (AvgIpc) is 2.85. The van der Waals surface area contributed by atoms with E-state index in [1.165, 1.54) is 26.0 Å². The minimum absolute atomic E-state index is 0. The third-order valence-corrected chi connectivity index (χ3v) is 7.83. The molecule has 1 atom stereocenters. The molecule has 2 aliphatic rings. The molecular formula is C20H32Cl2FN3O3S. The van der Waals surface area contributed by atoms with Crippen molar-refractivity contribution in [3.05, 3.63) is 23.5 Å². The number of sulfone groups is 1. The number of piperazine rings is 1. The maximum Gasteiger partial charge on any atom is 0.241 e. The normalized spacial score (nSPS) is 21.0. The molecule has 1 fully saturated rings. The van der Waals surface area contributed by atoms with Gasteiger partial charge in [0, 0.05) is 43.3 Å². The number of carbonyl (C=O) groups is 1. The number of anilines is 1. The Morgan fingerprint density at radius 2 is 1.93 bits per heavy atom. The fourth-order valence-electron chi connectivity index (χ4n) is 4.00. The number of nitrogens with one attached hydrogen (secondary N) is 1. The molecule has 2 heterocycles. The van der Waals surface area contributed by atoms with Crippen molar-refractivity contribution < 1.29 is 17.6 Å². The van der Waals surface area contributed by atoms with Gasteiger partial charge in [-0.1, -0.05) is 13.8 Å². The molecule has 1 amide bonds. The SMILES string of the molecule is CC1CN(CC(=O)N2CC(C)(C)c3cc(F)c(S(=O)(=O)C(C)C)cc32)CCN1.Cl.Cl. The second-order valence-electron chi connectivity index (χ2n) is 8.85. The molecule has 172 valence electrons. The number of nitrogens with zero attached hydrogens (tertiary/aromatic N) is 2. The highest BCUT2D eigenvalue weighted by molar-refractivity contribution is 7.92. The monoisotopic (exact) mass is 483 g/mol. The van der Waals surface area contributed by atoms with Gasteiger partial charge < -0.3 is 10.2 Å². The molecule has 2 aliphatic heterocycles. The molecule has 0 spiro atoms. The van der Waals surface area contributed by atoms with Gasteiger partial charge in [-0.3, -0.25) is 9.69 Å². The first-order chi connectivity index (χ1) is 12.9. The molecule has 1 saturated heterocycles. The van der Waals surface area contributed by atoms with Crippen molar-refractivity contribution in [1.82, 2.24) is 10.2 Å². The lowest BCUT2D eigenvalue weighted by Crippen LogP contribution is -2.52. The maximum atomic E-state index is 14.7. The van der Waals surface area contributed by atoms with Crippen LogP contribution < -0.4 is 10.2 Å². The molecule has 0 saturated carbocycles. The van der Waals surface area contributed by atoms with Gasteiger partial charge >= 0.3 is 0 Å². The summed E-state index contributed by atoms with van der Waals surface area (Å²) in [6.07, 6.45) is 0. The van der Waals surface area contributed by atoms with E-state index < -0.39 is 26.3 Å². The van der Waals surface area contributed by atoms with E-state index in [9.17, 15) is 17.6 Å². The minimum Gasteiger partial charge on any atom is -0.312 e. The predicted octanol–water partition coefficient (Wildman–Crippen LogP) is 2.77. The molecule has 6 nitrogen and oxygen atoms in total. The van der Waals surface area contributed by atoms with Gasteiger partial charge in [0.15, 0.2) is 9.84 Å². The molecule has 1 aromatic rings. The van der Waals surface area contributed by atoms with E-state index in [1.807, 2.05) is 13.8 Å². The van der Waals surface area contributed by atoms with E-state index in [0.717, 1.165) is 19.6 Å². The summed E-state index contributed by atoms with van der Waals surface area (Å²) in [5, 5.41) is 2.61. The van der Waals surface area contributed by atoms with Gasteiger partial charge in [0.2, 0.25) is 5.91 Å². The number of halogens is 3. The van der Waals surface area contributed by atoms with Gasteiger partial charge in [-0.15, -0.1) is 24.8 Å². The Balaban J connectivity index is 0.00000225. The number of hydrogen-bond acceptors (Lipinski definition) is 5. The topological polar surface area (TPSA) is 69.7 Å². The van der Waals surface area contributed by atoms with Crippen LogP contribution >= 0.6 is 24.8 Å². The number of benzene rings is 1. The number of hydrogen-bond donors (Lipinski definition) is 1. The Hall–Kier alpha value is -0.930. The lowest BCUT2D eigenvalue weighted by Gasteiger charge is -2.32. The number of carbonyl (C=O) groups excluding carboxylic acids is 1. The number of amides is 1.